The molecule has 1 heterocycles. The molecule has 2 N–H and O–H groups in total. The minimum absolute atomic E-state index is 0.0236. The van der Waals surface area contributed by atoms with Gasteiger partial charge in [-0.25, -0.2) is 4.39 Å². The monoisotopic (exact) mass is 342 g/mol. The molecule has 5 heteroatoms. The number of carbonyl (C=O) groups excluding carboxylic acids is 1. The first kappa shape index (κ1) is 17.6. The molecule has 0 unspecified atom stereocenters. The number of benzene rings is 2. The van der Waals surface area contributed by atoms with Gasteiger partial charge in [-0.2, -0.15) is 0 Å². The summed E-state index contributed by atoms with van der Waals surface area (Å²) < 4.78 is 13.6. The summed E-state index contributed by atoms with van der Waals surface area (Å²) in [5.74, 6) is -0.270. The molecule has 2 aromatic carbocycles. The minimum Gasteiger partial charge on any atom is -0.392 e. The number of aliphatic hydroxyl groups is 1. The molecule has 1 aliphatic heterocycles. The van der Waals surface area contributed by atoms with Crippen molar-refractivity contribution in [2.75, 3.05) is 19.6 Å². The fourth-order valence-electron chi connectivity index (χ4n) is 3.35. The number of hydrogen-bond acceptors (Lipinski definition) is 3. The number of carbonyl (C=O) groups is 1. The second-order valence-corrected chi connectivity index (χ2v) is 6.47. The Kier molecular flexibility index (Phi) is 5.46. The molecule has 2 atom stereocenters. The van der Waals surface area contributed by atoms with Gasteiger partial charge in [0.25, 0.3) is 0 Å². The normalized spacial score (nSPS) is 17.9. The Morgan fingerprint density at radius 1 is 1.32 bits per heavy atom. The van der Waals surface area contributed by atoms with E-state index in [9.17, 15) is 14.3 Å². The third kappa shape index (κ3) is 4.06. The van der Waals surface area contributed by atoms with Gasteiger partial charge < -0.3 is 15.3 Å². The quantitative estimate of drug-likeness (QED) is 0.876. The van der Waals surface area contributed by atoms with E-state index in [1.165, 1.54) is 6.07 Å². The van der Waals surface area contributed by atoms with E-state index >= 15 is 0 Å². The zero-order chi connectivity index (χ0) is 17.8. The van der Waals surface area contributed by atoms with E-state index in [1.807, 2.05) is 35.2 Å². The van der Waals surface area contributed by atoms with E-state index in [1.54, 1.807) is 19.1 Å². The van der Waals surface area contributed by atoms with E-state index in [0.29, 0.717) is 19.5 Å². The molecule has 0 fully saturated rings. The molecule has 3 rings (SSSR count). The molecule has 0 radical (unpaired) electrons. The van der Waals surface area contributed by atoms with Crippen LogP contribution in [0.5, 0.6) is 0 Å². The summed E-state index contributed by atoms with van der Waals surface area (Å²) in [4.78, 5) is 14.6. The largest absolute Gasteiger partial charge is 0.392 e. The zero-order valence-electron chi connectivity index (χ0n) is 14.3. The van der Waals surface area contributed by atoms with Crippen LogP contribution in [-0.2, 0) is 11.2 Å². The van der Waals surface area contributed by atoms with Gasteiger partial charge >= 0.3 is 0 Å². The summed E-state index contributed by atoms with van der Waals surface area (Å²) >= 11 is 0. The Morgan fingerprint density at radius 3 is 2.80 bits per heavy atom. The average Bonchev–Trinajstić information content (AvgIpc) is 2.60. The molecule has 0 aromatic heterocycles. The van der Waals surface area contributed by atoms with E-state index in [0.717, 1.165) is 16.7 Å². The molecule has 0 bridgehead atoms. The second-order valence-electron chi connectivity index (χ2n) is 6.47. The number of rotatable bonds is 5. The molecule has 1 aliphatic rings. The lowest BCUT2D eigenvalue weighted by molar-refractivity contribution is -0.132. The van der Waals surface area contributed by atoms with Crippen LogP contribution >= 0.6 is 0 Å². The molecule has 0 saturated carbocycles. The Balaban J connectivity index is 1.89. The van der Waals surface area contributed by atoms with Crippen LogP contribution in [0.1, 0.15) is 29.7 Å². The summed E-state index contributed by atoms with van der Waals surface area (Å²) in [6.45, 7) is 2.77. The minimum atomic E-state index is -0.497. The standard InChI is InChI=1S/C20H23FN2O2/c1-14(24)12-22-13-19(25)23-10-9-16-11-17(21)7-8-18(16)20(23)15-5-3-2-4-6-15/h2-8,11,14,20,22,24H,9-10,12-13H2,1H3/t14-,20+/m1/s1. The lowest BCUT2D eigenvalue weighted by Crippen LogP contribution is -2.45. The maximum Gasteiger partial charge on any atom is 0.237 e. The maximum absolute atomic E-state index is 13.6. The van der Waals surface area contributed by atoms with Crippen molar-refractivity contribution >= 4 is 5.91 Å². The number of nitrogens with one attached hydrogen (secondary N) is 1. The fraction of sp³-hybridized carbons (Fsp3) is 0.350. The molecule has 0 spiro atoms. The van der Waals surface area contributed by atoms with Gasteiger partial charge in [0.1, 0.15) is 5.82 Å². The van der Waals surface area contributed by atoms with E-state index in [2.05, 4.69) is 5.32 Å². The van der Waals surface area contributed by atoms with Gasteiger partial charge in [0, 0.05) is 13.1 Å². The van der Waals surface area contributed by atoms with E-state index < -0.39 is 6.10 Å². The van der Waals surface area contributed by atoms with Gasteiger partial charge in [-0.1, -0.05) is 36.4 Å². The summed E-state index contributed by atoms with van der Waals surface area (Å²) in [6.07, 6.45) is 0.140. The Morgan fingerprint density at radius 2 is 2.08 bits per heavy atom. The second kappa shape index (κ2) is 7.76. The predicted molar refractivity (Wildman–Crippen MR) is 94.7 cm³/mol. The van der Waals surface area contributed by atoms with Crippen LogP contribution in [0, 0.1) is 5.82 Å². The molecule has 2 aromatic rings. The number of aliphatic hydroxyl groups excluding tert-OH is 1. The molecule has 0 saturated heterocycles. The number of halogens is 1. The first-order chi connectivity index (χ1) is 12.1. The lowest BCUT2D eigenvalue weighted by Gasteiger charge is -2.38. The van der Waals surface area contributed by atoms with Gasteiger partial charge in [-0.3, -0.25) is 4.79 Å². The van der Waals surface area contributed by atoms with Crippen LogP contribution in [0.3, 0.4) is 0 Å². The number of nitrogens with zero attached hydrogens (tertiary/aromatic N) is 1. The van der Waals surface area contributed by atoms with Crippen molar-refractivity contribution in [2.24, 2.45) is 0 Å². The highest BCUT2D eigenvalue weighted by Crippen LogP contribution is 2.35. The van der Waals surface area contributed by atoms with Crippen LogP contribution in [0.2, 0.25) is 0 Å². The highest BCUT2D eigenvalue weighted by atomic mass is 19.1. The van der Waals surface area contributed by atoms with E-state index in [-0.39, 0.29) is 24.3 Å². The van der Waals surface area contributed by atoms with E-state index in [4.69, 9.17) is 0 Å². The lowest BCUT2D eigenvalue weighted by atomic mass is 9.88. The van der Waals surface area contributed by atoms with Crippen molar-refractivity contribution in [3.63, 3.8) is 0 Å². The van der Waals surface area contributed by atoms with Crippen LogP contribution in [-0.4, -0.2) is 41.7 Å². The average molecular weight is 342 g/mol. The molecular weight excluding hydrogens is 319 g/mol. The summed E-state index contributed by atoms with van der Waals surface area (Å²) in [5.41, 5.74) is 2.94. The van der Waals surface area contributed by atoms with Gasteiger partial charge in [-0.15, -0.1) is 0 Å². The summed E-state index contributed by atoms with van der Waals surface area (Å²) in [5, 5.41) is 12.3. The van der Waals surface area contributed by atoms with Crippen LogP contribution in [0.15, 0.2) is 48.5 Å². The number of hydrogen-bond donors (Lipinski definition) is 2. The smallest absolute Gasteiger partial charge is 0.237 e. The third-order valence-corrected chi connectivity index (χ3v) is 4.48. The third-order valence-electron chi connectivity index (χ3n) is 4.48. The van der Waals surface area contributed by atoms with Gasteiger partial charge in [0.05, 0.1) is 18.7 Å². The molecule has 4 nitrogen and oxygen atoms in total. The van der Waals surface area contributed by atoms with Crippen LogP contribution in [0.25, 0.3) is 0 Å². The van der Waals surface area contributed by atoms with Crippen molar-refractivity contribution in [1.29, 1.82) is 0 Å². The molecular formula is C20H23FN2O2. The van der Waals surface area contributed by atoms with Gasteiger partial charge in [0.2, 0.25) is 5.91 Å². The summed E-state index contributed by atoms with van der Waals surface area (Å²) in [6, 6.07) is 14.4. The van der Waals surface area contributed by atoms with Crippen molar-refractivity contribution < 1.29 is 14.3 Å². The number of amides is 1. The Bertz CT molecular complexity index is 734. The van der Waals surface area contributed by atoms with Crippen molar-refractivity contribution in [3.8, 4) is 0 Å². The first-order valence-electron chi connectivity index (χ1n) is 8.58. The van der Waals surface area contributed by atoms with Crippen LogP contribution < -0.4 is 5.32 Å². The van der Waals surface area contributed by atoms with Gasteiger partial charge in [-0.05, 0) is 42.2 Å². The molecule has 0 aliphatic carbocycles. The Hall–Kier alpha value is -2.24. The fourth-order valence-corrected chi connectivity index (χ4v) is 3.35. The van der Waals surface area contributed by atoms with Crippen molar-refractivity contribution in [2.45, 2.75) is 25.5 Å². The molecule has 132 valence electrons. The molecule has 1 amide bonds. The van der Waals surface area contributed by atoms with Crippen molar-refractivity contribution in [3.05, 3.63) is 71.0 Å². The SMILES string of the molecule is C[C@@H](O)CNCC(=O)N1CCc2cc(F)ccc2[C@@H]1c1ccccc1. The topological polar surface area (TPSA) is 52.6 Å². The van der Waals surface area contributed by atoms with Crippen molar-refractivity contribution in [1.82, 2.24) is 10.2 Å². The van der Waals surface area contributed by atoms with Gasteiger partial charge in [0.15, 0.2) is 0 Å². The summed E-state index contributed by atoms with van der Waals surface area (Å²) in [7, 11) is 0. The number of fused-ring (bicyclic) bond motifs is 1. The first-order valence-corrected chi connectivity index (χ1v) is 8.58. The highest BCUT2D eigenvalue weighted by Gasteiger charge is 2.31. The molecule has 25 heavy (non-hydrogen) atoms. The predicted octanol–water partition coefficient (Wildman–Crippen LogP) is 2.27. The Labute approximate surface area is 147 Å². The highest BCUT2D eigenvalue weighted by molar-refractivity contribution is 5.79. The van der Waals surface area contributed by atoms with Crippen LogP contribution in [0.4, 0.5) is 4.39 Å². The zero-order valence-corrected chi connectivity index (χ0v) is 14.3. The maximum atomic E-state index is 13.6.